The smallest absolute Gasteiger partial charge is 0.338 e. The Morgan fingerprint density at radius 2 is 1.94 bits per heavy atom. The van der Waals surface area contributed by atoms with E-state index in [0.29, 0.717) is 26.4 Å². The second-order valence-corrected chi connectivity index (χ2v) is 8.75. The number of fused-ring (bicyclic) bond motifs is 1. The molecule has 0 N–H and O–H groups in total. The highest BCUT2D eigenvalue weighted by molar-refractivity contribution is 7.07. The molecule has 0 amide bonds. The van der Waals surface area contributed by atoms with Gasteiger partial charge in [-0.25, -0.2) is 9.79 Å². The first-order valence-corrected chi connectivity index (χ1v) is 11.7. The van der Waals surface area contributed by atoms with Crippen LogP contribution in [0.4, 0.5) is 0 Å². The van der Waals surface area contributed by atoms with Gasteiger partial charge in [-0.15, -0.1) is 6.42 Å². The van der Waals surface area contributed by atoms with E-state index in [4.69, 9.17) is 15.9 Å². The van der Waals surface area contributed by atoms with Crippen LogP contribution in [0.1, 0.15) is 36.6 Å². The van der Waals surface area contributed by atoms with Crippen molar-refractivity contribution < 1.29 is 14.3 Å². The minimum atomic E-state index is -0.633. The number of carbonyl (C=O) groups is 1. The van der Waals surface area contributed by atoms with Crippen molar-refractivity contribution in [2.24, 2.45) is 4.99 Å². The van der Waals surface area contributed by atoms with E-state index in [1.54, 1.807) is 30.6 Å². The lowest BCUT2D eigenvalue weighted by atomic mass is 9.95. The fourth-order valence-electron chi connectivity index (χ4n) is 3.85. The van der Waals surface area contributed by atoms with Crippen LogP contribution in [0.2, 0.25) is 0 Å². The number of aryl methyl sites for hydroxylation is 1. The molecule has 4 rings (SSSR count). The van der Waals surface area contributed by atoms with Gasteiger partial charge in [0.05, 0.1) is 28.5 Å². The summed E-state index contributed by atoms with van der Waals surface area (Å²) in [5.74, 6) is 2.57. The molecular weight excluding hydrogens is 448 g/mol. The fraction of sp³-hybridized carbons (Fsp3) is 0.222. The third kappa shape index (κ3) is 4.45. The van der Waals surface area contributed by atoms with E-state index in [9.17, 15) is 9.59 Å². The average molecular weight is 473 g/mol. The van der Waals surface area contributed by atoms with Crippen LogP contribution in [-0.4, -0.2) is 23.8 Å². The number of terminal acetylenes is 1. The predicted octanol–water partition coefficient (Wildman–Crippen LogP) is 3.12. The molecule has 0 aliphatic carbocycles. The molecule has 3 aromatic rings. The molecule has 7 heteroatoms. The molecule has 2 aromatic carbocycles. The number of benzene rings is 2. The second kappa shape index (κ2) is 9.94. The van der Waals surface area contributed by atoms with Gasteiger partial charge in [-0.2, -0.15) is 0 Å². The first kappa shape index (κ1) is 23.3. The largest absolute Gasteiger partial charge is 0.480 e. The second-order valence-electron chi connectivity index (χ2n) is 7.74. The van der Waals surface area contributed by atoms with Crippen molar-refractivity contribution in [2.75, 3.05) is 13.2 Å². The number of esters is 1. The van der Waals surface area contributed by atoms with E-state index in [2.05, 4.69) is 10.9 Å². The number of para-hydroxylation sites is 1. The third-order valence-electron chi connectivity index (χ3n) is 5.43. The van der Waals surface area contributed by atoms with Gasteiger partial charge in [0.2, 0.25) is 0 Å². The molecule has 0 saturated carbocycles. The summed E-state index contributed by atoms with van der Waals surface area (Å²) in [5, 5.41) is 0. The molecule has 1 aliphatic heterocycles. The molecule has 1 aliphatic rings. The number of nitrogens with zero attached hydrogens (tertiary/aromatic N) is 2. The van der Waals surface area contributed by atoms with Gasteiger partial charge in [-0.1, -0.05) is 65.3 Å². The normalized spacial score (nSPS) is 15.4. The van der Waals surface area contributed by atoms with Gasteiger partial charge in [0, 0.05) is 5.56 Å². The molecular formula is C27H24N2O4S. The summed E-state index contributed by atoms with van der Waals surface area (Å²) in [6.45, 7) is 5.87. The Kier molecular flexibility index (Phi) is 6.80. The lowest BCUT2D eigenvalue weighted by molar-refractivity contribution is -0.139. The van der Waals surface area contributed by atoms with Gasteiger partial charge in [-0.05, 0) is 38.5 Å². The summed E-state index contributed by atoms with van der Waals surface area (Å²) in [6, 6.07) is 14.5. The summed E-state index contributed by atoms with van der Waals surface area (Å²) < 4.78 is 13.0. The van der Waals surface area contributed by atoms with Gasteiger partial charge in [-0.3, -0.25) is 9.36 Å². The summed E-state index contributed by atoms with van der Waals surface area (Å²) in [7, 11) is 0. The van der Waals surface area contributed by atoms with E-state index < -0.39 is 12.0 Å². The van der Waals surface area contributed by atoms with Crippen molar-refractivity contribution in [2.45, 2.75) is 26.8 Å². The lowest BCUT2D eigenvalue weighted by Crippen LogP contribution is -2.39. The maximum Gasteiger partial charge on any atom is 0.338 e. The first-order chi connectivity index (χ1) is 16.4. The molecule has 1 aromatic heterocycles. The van der Waals surface area contributed by atoms with Crippen LogP contribution in [0.3, 0.4) is 0 Å². The fourth-order valence-corrected chi connectivity index (χ4v) is 4.89. The Bertz CT molecular complexity index is 1490. The van der Waals surface area contributed by atoms with Crippen molar-refractivity contribution >= 4 is 23.4 Å². The molecule has 2 heterocycles. The Morgan fingerprint density at radius 3 is 2.65 bits per heavy atom. The number of carbonyl (C=O) groups excluding carboxylic acids is 1. The van der Waals surface area contributed by atoms with Crippen molar-refractivity contribution in [3.63, 3.8) is 0 Å². The Hall–Kier alpha value is -3.89. The minimum Gasteiger partial charge on any atom is -0.480 e. The Morgan fingerprint density at radius 1 is 1.21 bits per heavy atom. The number of aromatic nitrogens is 1. The average Bonchev–Trinajstić information content (AvgIpc) is 3.12. The molecule has 0 unspecified atom stereocenters. The van der Waals surface area contributed by atoms with Crippen LogP contribution in [0.5, 0.6) is 5.75 Å². The predicted molar refractivity (Wildman–Crippen MR) is 132 cm³/mol. The molecule has 0 saturated heterocycles. The highest BCUT2D eigenvalue weighted by atomic mass is 32.1. The number of hydrogen-bond acceptors (Lipinski definition) is 6. The van der Waals surface area contributed by atoms with Crippen LogP contribution in [0.15, 0.2) is 69.6 Å². The summed E-state index contributed by atoms with van der Waals surface area (Å²) in [4.78, 5) is 31.7. The van der Waals surface area contributed by atoms with Crippen molar-refractivity contribution in [3.8, 4) is 18.1 Å². The molecule has 0 spiro atoms. The van der Waals surface area contributed by atoms with Gasteiger partial charge >= 0.3 is 5.97 Å². The summed E-state index contributed by atoms with van der Waals surface area (Å²) in [6.07, 6.45) is 7.10. The van der Waals surface area contributed by atoms with Crippen LogP contribution in [-0.2, 0) is 9.53 Å². The lowest BCUT2D eigenvalue weighted by Gasteiger charge is -2.24. The maximum atomic E-state index is 13.7. The first-order valence-electron chi connectivity index (χ1n) is 10.9. The third-order valence-corrected chi connectivity index (χ3v) is 6.41. The Labute approximate surface area is 201 Å². The Balaban J connectivity index is 1.93. The molecule has 6 nitrogen and oxygen atoms in total. The minimum absolute atomic E-state index is 0.127. The van der Waals surface area contributed by atoms with Crippen molar-refractivity contribution in [3.05, 3.63) is 96.2 Å². The molecule has 34 heavy (non-hydrogen) atoms. The highest BCUT2D eigenvalue weighted by Crippen LogP contribution is 2.30. The number of ether oxygens (including phenoxy) is 2. The molecule has 172 valence electrons. The standard InChI is InChI=1S/C27H24N2O4S/c1-5-15-33-21-10-8-7-9-20(21)16-22-25(30)29-24(19-13-11-17(3)12-14-19)23(26(31)32-6-2)18(4)28-27(29)34-22/h1,7-14,16,24H,6,15H2,2-4H3/b22-16-/t24-/m0/s1. The van der Waals surface area contributed by atoms with E-state index in [0.717, 1.165) is 16.7 Å². The highest BCUT2D eigenvalue weighted by Gasteiger charge is 2.33. The van der Waals surface area contributed by atoms with Gasteiger partial charge in [0.15, 0.2) is 4.80 Å². The number of thiazole rings is 1. The zero-order valence-electron chi connectivity index (χ0n) is 19.2. The van der Waals surface area contributed by atoms with E-state index in [-0.39, 0.29) is 18.8 Å². The molecule has 0 radical (unpaired) electrons. The molecule has 1 atom stereocenters. The van der Waals surface area contributed by atoms with Crippen LogP contribution in [0.25, 0.3) is 6.08 Å². The van der Waals surface area contributed by atoms with Crippen LogP contribution >= 0.6 is 11.3 Å². The van der Waals surface area contributed by atoms with E-state index in [1.807, 2.05) is 49.4 Å². The van der Waals surface area contributed by atoms with E-state index >= 15 is 0 Å². The monoisotopic (exact) mass is 472 g/mol. The summed E-state index contributed by atoms with van der Waals surface area (Å²) >= 11 is 1.27. The van der Waals surface area contributed by atoms with E-state index in [1.165, 1.54) is 11.3 Å². The zero-order valence-corrected chi connectivity index (χ0v) is 20.0. The van der Waals surface area contributed by atoms with Crippen LogP contribution < -0.4 is 19.6 Å². The van der Waals surface area contributed by atoms with Gasteiger partial charge < -0.3 is 9.47 Å². The van der Waals surface area contributed by atoms with Crippen molar-refractivity contribution in [1.29, 1.82) is 0 Å². The maximum absolute atomic E-state index is 13.7. The van der Waals surface area contributed by atoms with Gasteiger partial charge in [0.1, 0.15) is 12.4 Å². The topological polar surface area (TPSA) is 69.9 Å². The number of allylic oxidation sites excluding steroid dienone is 1. The van der Waals surface area contributed by atoms with Crippen molar-refractivity contribution in [1.82, 2.24) is 4.57 Å². The SMILES string of the molecule is C#CCOc1ccccc1/C=c1\sc2n(c1=O)[C@@H](c1ccc(C)cc1)C(C(=O)OCC)=C(C)N=2. The molecule has 0 bridgehead atoms. The zero-order chi connectivity index (χ0) is 24.2. The quantitative estimate of drug-likeness (QED) is 0.408. The van der Waals surface area contributed by atoms with Crippen LogP contribution in [0, 0.1) is 19.3 Å². The summed E-state index contributed by atoms with van der Waals surface area (Å²) in [5.41, 5.74) is 3.29. The number of hydrogen-bond donors (Lipinski definition) is 0. The molecule has 0 fully saturated rings. The number of rotatable bonds is 6. The van der Waals surface area contributed by atoms with Gasteiger partial charge in [0.25, 0.3) is 5.56 Å².